The maximum atomic E-state index is 12.9. The lowest BCUT2D eigenvalue weighted by Crippen LogP contribution is -2.40. The average Bonchev–Trinajstić information content (AvgIpc) is 3.10. The smallest absolute Gasteiger partial charge is 0.253 e. The van der Waals surface area contributed by atoms with Crippen LogP contribution < -0.4 is 0 Å². The first-order valence-electron chi connectivity index (χ1n) is 10.5. The number of ether oxygens (including phenoxy) is 1. The van der Waals surface area contributed by atoms with Crippen molar-refractivity contribution in [3.8, 4) is 0 Å². The molecule has 156 valence electrons. The van der Waals surface area contributed by atoms with Crippen LogP contribution in [-0.2, 0) is 17.9 Å². The van der Waals surface area contributed by atoms with Gasteiger partial charge in [-0.15, -0.1) is 0 Å². The second-order valence-corrected chi connectivity index (χ2v) is 7.91. The molecule has 4 rings (SSSR count). The van der Waals surface area contributed by atoms with Crippen LogP contribution in [0.25, 0.3) is 0 Å². The van der Waals surface area contributed by atoms with Gasteiger partial charge in [0.25, 0.3) is 5.91 Å². The molecule has 1 saturated heterocycles. The van der Waals surface area contributed by atoms with E-state index < -0.39 is 0 Å². The van der Waals surface area contributed by atoms with E-state index in [4.69, 9.17) is 4.74 Å². The fourth-order valence-electron chi connectivity index (χ4n) is 3.86. The quantitative estimate of drug-likeness (QED) is 0.628. The molecule has 30 heavy (non-hydrogen) atoms. The van der Waals surface area contributed by atoms with Crippen LogP contribution in [0.3, 0.4) is 0 Å². The van der Waals surface area contributed by atoms with Crippen LogP contribution in [-0.4, -0.2) is 44.8 Å². The molecule has 0 saturated carbocycles. The van der Waals surface area contributed by atoms with E-state index in [0.717, 1.165) is 54.1 Å². The second kappa shape index (κ2) is 9.22. The summed E-state index contributed by atoms with van der Waals surface area (Å²) in [5.74, 6) is 0.0934. The third-order valence-electron chi connectivity index (χ3n) is 5.56. The van der Waals surface area contributed by atoms with Crippen LogP contribution in [0.4, 0.5) is 0 Å². The van der Waals surface area contributed by atoms with Gasteiger partial charge >= 0.3 is 0 Å². The minimum Gasteiger partial charge on any atom is -0.372 e. The number of pyridine rings is 1. The first-order chi connectivity index (χ1) is 14.6. The molecule has 1 amide bonds. The maximum absolute atomic E-state index is 12.9. The molecule has 1 aromatic carbocycles. The molecular formula is C24H28N4O2. The van der Waals surface area contributed by atoms with Crippen LogP contribution in [0.5, 0.6) is 0 Å². The van der Waals surface area contributed by atoms with E-state index in [9.17, 15) is 4.79 Å². The molecule has 6 heteroatoms. The number of piperidine rings is 1. The van der Waals surface area contributed by atoms with E-state index >= 15 is 0 Å². The number of hydrogen-bond donors (Lipinski definition) is 0. The summed E-state index contributed by atoms with van der Waals surface area (Å²) < 4.78 is 7.97. The summed E-state index contributed by atoms with van der Waals surface area (Å²) in [5.41, 5.74) is 4.98. The normalized spacial score (nSPS) is 14.8. The predicted molar refractivity (Wildman–Crippen MR) is 115 cm³/mol. The van der Waals surface area contributed by atoms with Gasteiger partial charge in [0.2, 0.25) is 0 Å². The first kappa shape index (κ1) is 20.3. The molecule has 1 fully saturated rings. The van der Waals surface area contributed by atoms with Crippen molar-refractivity contribution >= 4 is 5.91 Å². The Morgan fingerprint density at radius 2 is 1.87 bits per heavy atom. The highest BCUT2D eigenvalue weighted by molar-refractivity contribution is 5.94. The minimum atomic E-state index is 0.0934. The Hall–Kier alpha value is -2.99. The molecule has 0 bridgehead atoms. The topological polar surface area (TPSA) is 60.2 Å². The van der Waals surface area contributed by atoms with Crippen LogP contribution in [0.2, 0.25) is 0 Å². The lowest BCUT2D eigenvalue weighted by Gasteiger charge is -2.32. The number of amides is 1. The summed E-state index contributed by atoms with van der Waals surface area (Å²) in [7, 11) is 0. The van der Waals surface area contributed by atoms with Crippen molar-refractivity contribution in [2.24, 2.45) is 0 Å². The van der Waals surface area contributed by atoms with E-state index in [1.54, 1.807) is 6.20 Å². The minimum absolute atomic E-state index is 0.0934. The van der Waals surface area contributed by atoms with Crippen LogP contribution in [0.15, 0.2) is 54.7 Å². The van der Waals surface area contributed by atoms with Gasteiger partial charge in [-0.05, 0) is 62.6 Å². The third kappa shape index (κ3) is 4.94. The molecule has 0 atom stereocenters. The van der Waals surface area contributed by atoms with Crippen molar-refractivity contribution in [1.29, 1.82) is 0 Å². The SMILES string of the molecule is Cc1cc(C)n(Cc2ccc(C(=O)N3CCC(OCc4ccccn4)CC3)cc2)n1. The van der Waals surface area contributed by atoms with Gasteiger partial charge in [-0.1, -0.05) is 18.2 Å². The molecule has 3 heterocycles. The lowest BCUT2D eigenvalue weighted by molar-refractivity contribution is -0.00160. The van der Waals surface area contributed by atoms with Crippen LogP contribution >= 0.6 is 0 Å². The Morgan fingerprint density at radius 1 is 1.10 bits per heavy atom. The van der Waals surface area contributed by atoms with Crippen molar-refractivity contribution in [3.63, 3.8) is 0 Å². The van der Waals surface area contributed by atoms with Gasteiger partial charge < -0.3 is 9.64 Å². The van der Waals surface area contributed by atoms with E-state index in [-0.39, 0.29) is 12.0 Å². The highest BCUT2D eigenvalue weighted by Gasteiger charge is 2.24. The van der Waals surface area contributed by atoms with Gasteiger partial charge in [0.05, 0.1) is 30.6 Å². The predicted octanol–water partition coefficient (Wildman–Crippen LogP) is 3.76. The number of aryl methyl sites for hydroxylation is 2. The number of nitrogens with zero attached hydrogens (tertiary/aromatic N) is 4. The van der Waals surface area contributed by atoms with E-state index in [2.05, 4.69) is 23.1 Å². The average molecular weight is 405 g/mol. The van der Waals surface area contributed by atoms with E-state index in [1.807, 2.05) is 59.0 Å². The van der Waals surface area contributed by atoms with Crippen LogP contribution in [0, 0.1) is 13.8 Å². The fourth-order valence-corrected chi connectivity index (χ4v) is 3.86. The van der Waals surface area contributed by atoms with Crippen molar-refractivity contribution in [1.82, 2.24) is 19.7 Å². The number of carbonyl (C=O) groups is 1. The Kier molecular flexibility index (Phi) is 6.23. The lowest BCUT2D eigenvalue weighted by atomic mass is 10.1. The number of aromatic nitrogens is 3. The number of carbonyl (C=O) groups excluding carboxylic acids is 1. The van der Waals surface area contributed by atoms with Crippen molar-refractivity contribution in [3.05, 3.63) is 82.9 Å². The Balaban J connectivity index is 1.28. The summed E-state index contributed by atoms with van der Waals surface area (Å²) in [4.78, 5) is 19.1. The standard InChI is InChI=1S/C24H28N4O2/c1-18-15-19(2)28(26-18)16-20-6-8-21(9-7-20)24(29)27-13-10-23(11-14-27)30-17-22-5-3-4-12-25-22/h3-9,12,15,23H,10-11,13-14,16-17H2,1-2H3. The fraction of sp³-hybridized carbons (Fsp3) is 0.375. The van der Waals surface area contributed by atoms with E-state index in [1.165, 1.54) is 0 Å². The number of benzene rings is 1. The molecule has 1 aliphatic rings. The Morgan fingerprint density at radius 3 is 2.50 bits per heavy atom. The zero-order valence-corrected chi connectivity index (χ0v) is 17.6. The van der Waals surface area contributed by atoms with Gasteiger partial charge in [-0.3, -0.25) is 14.5 Å². The highest BCUT2D eigenvalue weighted by Crippen LogP contribution is 2.18. The summed E-state index contributed by atoms with van der Waals surface area (Å²) in [6.07, 6.45) is 3.67. The molecule has 6 nitrogen and oxygen atoms in total. The Bertz CT molecular complexity index is 974. The van der Waals surface area contributed by atoms with Crippen molar-refractivity contribution in [2.45, 2.75) is 45.9 Å². The van der Waals surface area contributed by atoms with E-state index in [0.29, 0.717) is 13.2 Å². The maximum Gasteiger partial charge on any atom is 0.253 e. The van der Waals surface area contributed by atoms with Gasteiger partial charge in [0.1, 0.15) is 0 Å². The molecule has 0 N–H and O–H groups in total. The largest absolute Gasteiger partial charge is 0.372 e. The first-order valence-corrected chi connectivity index (χ1v) is 10.5. The monoisotopic (exact) mass is 404 g/mol. The summed E-state index contributed by atoms with van der Waals surface area (Å²) in [6.45, 7) is 6.74. The highest BCUT2D eigenvalue weighted by atomic mass is 16.5. The zero-order valence-electron chi connectivity index (χ0n) is 17.6. The molecule has 2 aromatic heterocycles. The second-order valence-electron chi connectivity index (χ2n) is 7.91. The molecule has 0 unspecified atom stereocenters. The van der Waals surface area contributed by atoms with Gasteiger partial charge in [-0.25, -0.2) is 0 Å². The van der Waals surface area contributed by atoms with Gasteiger partial charge in [0.15, 0.2) is 0 Å². The summed E-state index contributed by atoms with van der Waals surface area (Å²) in [5, 5.41) is 4.50. The zero-order chi connectivity index (χ0) is 20.9. The van der Waals surface area contributed by atoms with Gasteiger partial charge in [0, 0.05) is 30.5 Å². The third-order valence-corrected chi connectivity index (χ3v) is 5.56. The van der Waals surface area contributed by atoms with Crippen molar-refractivity contribution in [2.75, 3.05) is 13.1 Å². The molecular weight excluding hydrogens is 376 g/mol. The molecule has 1 aliphatic heterocycles. The molecule has 0 spiro atoms. The molecule has 3 aromatic rings. The molecule has 0 aliphatic carbocycles. The summed E-state index contributed by atoms with van der Waals surface area (Å²) >= 11 is 0. The van der Waals surface area contributed by atoms with Crippen molar-refractivity contribution < 1.29 is 9.53 Å². The number of hydrogen-bond acceptors (Lipinski definition) is 4. The number of rotatable bonds is 6. The number of likely N-dealkylation sites (tertiary alicyclic amines) is 1. The Labute approximate surface area is 177 Å². The summed E-state index contributed by atoms with van der Waals surface area (Å²) in [6, 6.07) is 15.8. The van der Waals surface area contributed by atoms with Gasteiger partial charge in [-0.2, -0.15) is 5.10 Å². The van der Waals surface area contributed by atoms with Crippen LogP contribution in [0.1, 0.15) is 45.8 Å². The molecule has 0 radical (unpaired) electrons.